The van der Waals surface area contributed by atoms with E-state index < -0.39 is 0 Å². The summed E-state index contributed by atoms with van der Waals surface area (Å²) in [7, 11) is 0. The fourth-order valence-electron chi connectivity index (χ4n) is 1.96. The zero-order valence-electron chi connectivity index (χ0n) is 9.72. The molecule has 18 heavy (non-hydrogen) atoms. The summed E-state index contributed by atoms with van der Waals surface area (Å²) in [5.74, 6) is 0.761. The van der Waals surface area contributed by atoms with Crippen LogP contribution in [0.5, 0.6) is 5.75 Å². The number of benzene rings is 1. The lowest BCUT2D eigenvalue weighted by atomic mass is 10.1. The molecule has 90 valence electrons. The van der Waals surface area contributed by atoms with E-state index in [1.807, 2.05) is 18.2 Å². The molecule has 0 radical (unpaired) electrons. The standard InChI is InChI=1S/C14H12N2O2/c17-14(11-2-1-6-15-9-11)16-12-3-4-13-10(8-12)5-7-18-13/h1-4,6,8-9H,5,7H2,(H,16,17). The first-order valence-electron chi connectivity index (χ1n) is 5.80. The molecule has 0 saturated heterocycles. The van der Waals surface area contributed by atoms with Crippen LogP contribution in [0, 0.1) is 0 Å². The molecule has 0 atom stereocenters. The molecule has 1 N–H and O–H groups in total. The number of hydrogen-bond donors (Lipinski definition) is 1. The molecule has 4 heteroatoms. The minimum atomic E-state index is -0.151. The van der Waals surface area contributed by atoms with Crippen LogP contribution >= 0.6 is 0 Å². The van der Waals surface area contributed by atoms with E-state index in [0.29, 0.717) is 5.56 Å². The Morgan fingerprint density at radius 3 is 3.11 bits per heavy atom. The van der Waals surface area contributed by atoms with Gasteiger partial charge in [0.1, 0.15) is 5.75 Å². The molecule has 1 aliphatic rings. The Kier molecular flexibility index (Phi) is 2.68. The lowest BCUT2D eigenvalue weighted by molar-refractivity contribution is 0.102. The molecular formula is C14H12N2O2. The molecule has 0 aliphatic carbocycles. The van der Waals surface area contributed by atoms with Crippen molar-refractivity contribution in [1.82, 2.24) is 4.98 Å². The van der Waals surface area contributed by atoms with E-state index in [-0.39, 0.29) is 5.91 Å². The fraction of sp³-hybridized carbons (Fsp3) is 0.143. The van der Waals surface area contributed by atoms with Crippen LogP contribution in [0.2, 0.25) is 0 Å². The third-order valence-electron chi connectivity index (χ3n) is 2.87. The normalized spacial score (nSPS) is 12.7. The summed E-state index contributed by atoms with van der Waals surface area (Å²) in [6, 6.07) is 9.17. The Labute approximate surface area is 105 Å². The summed E-state index contributed by atoms with van der Waals surface area (Å²) in [6.45, 7) is 0.718. The summed E-state index contributed by atoms with van der Waals surface area (Å²) in [6.07, 6.45) is 4.08. The van der Waals surface area contributed by atoms with E-state index in [1.54, 1.807) is 24.5 Å². The number of pyridine rings is 1. The molecule has 1 amide bonds. The molecule has 2 heterocycles. The monoisotopic (exact) mass is 240 g/mol. The smallest absolute Gasteiger partial charge is 0.257 e. The van der Waals surface area contributed by atoms with Crippen molar-refractivity contribution in [3.63, 3.8) is 0 Å². The number of hydrogen-bond acceptors (Lipinski definition) is 3. The molecule has 1 aliphatic heterocycles. The quantitative estimate of drug-likeness (QED) is 0.876. The summed E-state index contributed by atoms with van der Waals surface area (Å²) in [4.78, 5) is 15.9. The Hall–Kier alpha value is -2.36. The number of carbonyl (C=O) groups excluding carboxylic acids is 1. The number of fused-ring (bicyclic) bond motifs is 1. The van der Waals surface area contributed by atoms with Gasteiger partial charge in [-0.2, -0.15) is 0 Å². The van der Waals surface area contributed by atoms with Crippen molar-refractivity contribution >= 4 is 11.6 Å². The van der Waals surface area contributed by atoms with E-state index in [2.05, 4.69) is 10.3 Å². The Morgan fingerprint density at radius 2 is 2.28 bits per heavy atom. The van der Waals surface area contributed by atoms with Gasteiger partial charge < -0.3 is 10.1 Å². The van der Waals surface area contributed by atoms with Gasteiger partial charge in [-0.05, 0) is 35.9 Å². The van der Waals surface area contributed by atoms with Gasteiger partial charge in [-0.3, -0.25) is 9.78 Å². The maximum absolute atomic E-state index is 11.9. The van der Waals surface area contributed by atoms with Crippen molar-refractivity contribution < 1.29 is 9.53 Å². The summed E-state index contributed by atoms with van der Waals surface area (Å²) in [5.41, 5.74) is 2.47. The number of rotatable bonds is 2. The number of carbonyl (C=O) groups is 1. The number of ether oxygens (including phenoxy) is 1. The van der Waals surface area contributed by atoms with Crippen molar-refractivity contribution in [3.05, 3.63) is 53.9 Å². The predicted octanol–water partition coefficient (Wildman–Crippen LogP) is 2.27. The summed E-state index contributed by atoms with van der Waals surface area (Å²) < 4.78 is 5.42. The van der Waals surface area contributed by atoms with Crippen LogP contribution in [-0.4, -0.2) is 17.5 Å². The van der Waals surface area contributed by atoms with Gasteiger partial charge in [-0.25, -0.2) is 0 Å². The second-order valence-electron chi connectivity index (χ2n) is 4.12. The van der Waals surface area contributed by atoms with Crippen molar-refractivity contribution in [2.24, 2.45) is 0 Å². The number of nitrogens with one attached hydrogen (secondary N) is 1. The van der Waals surface area contributed by atoms with Gasteiger partial charge in [-0.1, -0.05) is 0 Å². The second-order valence-corrected chi connectivity index (χ2v) is 4.12. The zero-order valence-corrected chi connectivity index (χ0v) is 9.72. The van der Waals surface area contributed by atoms with Crippen LogP contribution in [0.4, 0.5) is 5.69 Å². The van der Waals surface area contributed by atoms with Crippen molar-refractivity contribution in [1.29, 1.82) is 0 Å². The van der Waals surface area contributed by atoms with Gasteiger partial charge in [-0.15, -0.1) is 0 Å². The Morgan fingerprint density at radius 1 is 1.33 bits per heavy atom. The minimum absolute atomic E-state index is 0.151. The van der Waals surface area contributed by atoms with Crippen LogP contribution in [-0.2, 0) is 6.42 Å². The molecule has 0 fully saturated rings. The van der Waals surface area contributed by atoms with Crippen LogP contribution < -0.4 is 10.1 Å². The average molecular weight is 240 g/mol. The van der Waals surface area contributed by atoms with Gasteiger partial charge in [0.05, 0.1) is 12.2 Å². The predicted molar refractivity (Wildman–Crippen MR) is 67.8 cm³/mol. The van der Waals surface area contributed by atoms with Crippen molar-refractivity contribution in [2.75, 3.05) is 11.9 Å². The SMILES string of the molecule is O=C(Nc1ccc2c(c1)CCO2)c1cccnc1. The summed E-state index contributed by atoms with van der Waals surface area (Å²) >= 11 is 0. The fourth-order valence-corrected chi connectivity index (χ4v) is 1.96. The number of nitrogens with zero attached hydrogens (tertiary/aromatic N) is 1. The topological polar surface area (TPSA) is 51.2 Å². The largest absolute Gasteiger partial charge is 0.493 e. The van der Waals surface area contributed by atoms with Gasteiger partial charge >= 0.3 is 0 Å². The van der Waals surface area contributed by atoms with E-state index in [9.17, 15) is 4.79 Å². The first-order chi connectivity index (χ1) is 8.83. The van der Waals surface area contributed by atoms with Crippen molar-refractivity contribution in [2.45, 2.75) is 6.42 Å². The first-order valence-corrected chi connectivity index (χ1v) is 5.80. The first kappa shape index (κ1) is 10.8. The Bertz CT molecular complexity index is 582. The van der Waals surface area contributed by atoms with E-state index in [4.69, 9.17) is 4.74 Å². The van der Waals surface area contributed by atoms with Crippen LogP contribution in [0.15, 0.2) is 42.7 Å². The highest BCUT2D eigenvalue weighted by atomic mass is 16.5. The highest BCUT2D eigenvalue weighted by Gasteiger charge is 2.13. The lowest BCUT2D eigenvalue weighted by Gasteiger charge is -2.06. The van der Waals surface area contributed by atoms with Gasteiger partial charge in [0.25, 0.3) is 5.91 Å². The van der Waals surface area contributed by atoms with E-state index in [1.165, 1.54) is 0 Å². The second kappa shape index (κ2) is 4.49. The molecule has 1 aromatic carbocycles. The molecule has 0 bridgehead atoms. The molecule has 3 rings (SSSR count). The van der Waals surface area contributed by atoms with Crippen LogP contribution in [0.1, 0.15) is 15.9 Å². The van der Waals surface area contributed by atoms with Gasteiger partial charge in [0, 0.05) is 24.5 Å². The van der Waals surface area contributed by atoms with Crippen molar-refractivity contribution in [3.8, 4) is 5.75 Å². The third kappa shape index (κ3) is 2.05. The van der Waals surface area contributed by atoms with Crippen LogP contribution in [0.3, 0.4) is 0 Å². The van der Waals surface area contributed by atoms with E-state index in [0.717, 1.165) is 30.0 Å². The molecule has 0 saturated carbocycles. The molecule has 0 unspecified atom stereocenters. The molecule has 1 aromatic heterocycles. The number of anilines is 1. The van der Waals surface area contributed by atoms with Crippen LogP contribution in [0.25, 0.3) is 0 Å². The maximum atomic E-state index is 11.9. The molecule has 0 spiro atoms. The third-order valence-corrected chi connectivity index (χ3v) is 2.87. The van der Waals surface area contributed by atoms with E-state index >= 15 is 0 Å². The lowest BCUT2D eigenvalue weighted by Crippen LogP contribution is -2.12. The molecule has 2 aromatic rings. The molecule has 4 nitrogen and oxygen atoms in total. The molecular weight excluding hydrogens is 228 g/mol. The Balaban J connectivity index is 1.79. The zero-order chi connectivity index (χ0) is 12.4. The highest BCUT2D eigenvalue weighted by molar-refractivity contribution is 6.04. The maximum Gasteiger partial charge on any atom is 0.257 e. The number of amides is 1. The highest BCUT2D eigenvalue weighted by Crippen LogP contribution is 2.27. The average Bonchev–Trinajstić information content (AvgIpc) is 2.87. The van der Waals surface area contributed by atoms with Gasteiger partial charge in [0.15, 0.2) is 0 Å². The number of aromatic nitrogens is 1. The minimum Gasteiger partial charge on any atom is -0.493 e. The summed E-state index contributed by atoms with van der Waals surface area (Å²) in [5, 5.41) is 2.85. The van der Waals surface area contributed by atoms with Gasteiger partial charge in [0.2, 0.25) is 0 Å².